The van der Waals surface area contributed by atoms with Gasteiger partial charge in [-0.1, -0.05) is 39.0 Å². The molecular formula is C27H25BrFNO3. The predicted octanol–water partition coefficient (Wildman–Crippen LogP) is 7.50. The number of para-hydroxylation sites is 1. The number of halogens is 2. The molecule has 4 aromatic rings. The van der Waals surface area contributed by atoms with Gasteiger partial charge in [-0.2, -0.15) is 0 Å². The number of methoxy groups -OCH3 is 1. The van der Waals surface area contributed by atoms with E-state index in [4.69, 9.17) is 9.47 Å². The van der Waals surface area contributed by atoms with Gasteiger partial charge in [0.05, 0.1) is 17.3 Å². The van der Waals surface area contributed by atoms with Crippen LogP contribution in [0.1, 0.15) is 31.9 Å². The summed E-state index contributed by atoms with van der Waals surface area (Å²) in [7, 11) is 1.47. The average Bonchev–Trinajstić information content (AvgIpc) is 2.77. The molecule has 0 amide bonds. The van der Waals surface area contributed by atoms with Crippen LogP contribution in [-0.2, 0) is 5.41 Å². The first kappa shape index (κ1) is 23.1. The van der Waals surface area contributed by atoms with E-state index in [2.05, 4.69) is 47.8 Å². The maximum atomic E-state index is 13.8. The van der Waals surface area contributed by atoms with Gasteiger partial charge in [-0.3, -0.25) is 4.79 Å². The summed E-state index contributed by atoms with van der Waals surface area (Å²) in [4.78, 5) is 16.5. The maximum absolute atomic E-state index is 13.8. The van der Waals surface area contributed by atoms with Gasteiger partial charge in [0, 0.05) is 22.5 Å². The summed E-state index contributed by atoms with van der Waals surface area (Å²) in [6, 6.07) is 15.6. The van der Waals surface area contributed by atoms with Crippen LogP contribution in [0.2, 0.25) is 0 Å². The number of aromatic nitrogens is 1. The number of ether oxygens (including phenoxy) is 2. The Kier molecular flexibility index (Phi) is 6.06. The normalized spacial score (nSPS) is 11.6. The van der Waals surface area contributed by atoms with Gasteiger partial charge in [0.15, 0.2) is 11.5 Å². The highest BCUT2D eigenvalue weighted by atomic mass is 79.9. The Hall–Kier alpha value is -3.12. The fourth-order valence-corrected chi connectivity index (χ4v) is 4.33. The predicted molar refractivity (Wildman–Crippen MR) is 134 cm³/mol. The maximum Gasteiger partial charge on any atom is 0.204 e. The molecule has 0 aliphatic heterocycles. The average molecular weight is 510 g/mol. The van der Waals surface area contributed by atoms with Gasteiger partial charge in [0.1, 0.15) is 11.6 Å². The summed E-state index contributed by atoms with van der Waals surface area (Å²) < 4.78 is 25.9. The van der Waals surface area contributed by atoms with Crippen molar-refractivity contribution in [3.63, 3.8) is 0 Å². The number of fused-ring (bicyclic) bond motifs is 1. The largest absolute Gasteiger partial charge is 0.493 e. The molecule has 0 unspecified atom stereocenters. The SMILES string of the molecule is COc1cc(F)ccc1Oc1cc(C(C)(C)C)cc(C)c1-c1[nH]c2ccccc2c(=O)c1Br. The topological polar surface area (TPSA) is 51.3 Å². The van der Waals surface area contributed by atoms with Gasteiger partial charge in [-0.15, -0.1) is 0 Å². The number of rotatable bonds is 4. The zero-order valence-corrected chi connectivity index (χ0v) is 20.8. The Morgan fingerprint density at radius 2 is 1.70 bits per heavy atom. The third-order valence-electron chi connectivity index (χ3n) is 5.61. The molecule has 0 saturated carbocycles. The lowest BCUT2D eigenvalue weighted by Crippen LogP contribution is -2.13. The second kappa shape index (κ2) is 8.67. The van der Waals surface area contributed by atoms with Crippen LogP contribution in [0.5, 0.6) is 17.2 Å². The standard InChI is InChI=1S/C27H25BrFNO3/c1-15-12-16(27(2,3)4)13-22(33-20-11-10-17(29)14-21(20)32-5)23(15)25-24(28)26(31)18-8-6-7-9-19(18)30-25/h6-14H,1-5H3,(H,30,31). The lowest BCUT2D eigenvalue weighted by atomic mass is 9.84. The van der Waals surface area contributed by atoms with Crippen LogP contribution in [0.25, 0.3) is 22.2 Å². The molecule has 0 aliphatic carbocycles. The first-order chi connectivity index (χ1) is 15.6. The Labute approximate surface area is 200 Å². The van der Waals surface area contributed by atoms with Crippen molar-refractivity contribution in [2.75, 3.05) is 7.11 Å². The van der Waals surface area contributed by atoms with Crippen LogP contribution >= 0.6 is 15.9 Å². The third kappa shape index (κ3) is 4.40. The van der Waals surface area contributed by atoms with E-state index in [-0.39, 0.29) is 16.6 Å². The summed E-state index contributed by atoms with van der Waals surface area (Å²) in [5, 5.41) is 0.597. The first-order valence-electron chi connectivity index (χ1n) is 10.6. The Morgan fingerprint density at radius 3 is 2.39 bits per heavy atom. The minimum Gasteiger partial charge on any atom is -0.493 e. The highest BCUT2D eigenvalue weighted by Crippen LogP contribution is 2.43. The van der Waals surface area contributed by atoms with E-state index < -0.39 is 5.82 Å². The van der Waals surface area contributed by atoms with Crippen LogP contribution in [0.15, 0.2) is 63.9 Å². The number of aryl methyl sites for hydroxylation is 1. The monoisotopic (exact) mass is 509 g/mol. The Morgan fingerprint density at radius 1 is 0.970 bits per heavy atom. The second-order valence-electron chi connectivity index (χ2n) is 9.00. The zero-order valence-electron chi connectivity index (χ0n) is 19.2. The van der Waals surface area contributed by atoms with E-state index in [1.165, 1.54) is 25.3 Å². The van der Waals surface area contributed by atoms with Crippen LogP contribution in [0, 0.1) is 12.7 Å². The number of hydrogen-bond acceptors (Lipinski definition) is 3. The van der Waals surface area contributed by atoms with Crippen molar-refractivity contribution in [3.8, 4) is 28.5 Å². The molecule has 6 heteroatoms. The van der Waals surface area contributed by atoms with Crippen molar-refractivity contribution in [2.24, 2.45) is 0 Å². The molecule has 4 nitrogen and oxygen atoms in total. The summed E-state index contributed by atoms with van der Waals surface area (Å²) in [5.74, 6) is 0.785. The van der Waals surface area contributed by atoms with E-state index in [9.17, 15) is 9.18 Å². The third-order valence-corrected chi connectivity index (χ3v) is 6.37. The molecule has 1 N–H and O–H groups in total. The first-order valence-corrected chi connectivity index (χ1v) is 11.4. The molecule has 4 rings (SSSR count). The number of nitrogens with one attached hydrogen (secondary N) is 1. The summed E-state index contributed by atoms with van der Waals surface area (Å²) in [6.45, 7) is 8.35. The molecule has 0 atom stereocenters. The molecule has 1 aromatic heterocycles. The van der Waals surface area contributed by atoms with E-state index in [1.54, 1.807) is 6.07 Å². The lowest BCUT2D eigenvalue weighted by Gasteiger charge is -2.24. The van der Waals surface area contributed by atoms with Gasteiger partial charge in [-0.05, 0) is 69.7 Å². The molecule has 0 radical (unpaired) electrons. The molecule has 0 spiro atoms. The highest BCUT2D eigenvalue weighted by Gasteiger charge is 2.23. The molecule has 0 aliphatic rings. The summed E-state index contributed by atoms with van der Waals surface area (Å²) >= 11 is 3.51. The second-order valence-corrected chi connectivity index (χ2v) is 9.80. The smallest absolute Gasteiger partial charge is 0.204 e. The number of benzene rings is 3. The van der Waals surface area contributed by atoms with Crippen LogP contribution in [0.3, 0.4) is 0 Å². The fraction of sp³-hybridized carbons (Fsp3) is 0.222. The molecule has 170 valence electrons. The molecule has 0 fully saturated rings. The van der Waals surface area contributed by atoms with E-state index in [0.717, 1.165) is 22.2 Å². The van der Waals surface area contributed by atoms with Crippen molar-refractivity contribution >= 4 is 26.8 Å². The van der Waals surface area contributed by atoms with E-state index >= 15 is 0 Å². The molecule has 0 saturated heterocycles. The number of aromatic amines is 1. The van der Waals surface area contributed by atoms with Crippen molar-refractivity contribution in [3.05, 3.63) is 86.2 Å². The molecule has 33 heavy (non-hydrogen) atoms. The fourth-order valence-electron chi connectivity index (χ4n) is 3.82. The summed E-state index contributed by atoms with van der Waals surface area (Å²) in [6.07, 6.45) is 0. The van der Waals surface area contributed by atoms with E-state index in [0.29, 0.717) is 27.1 Å². The Balaban J connectivity index is 2.01. The molecule has 0 bridgehead atoms. The molecule has 1 heterocycles. The van der Waals surface area contributed by atoms with Crippen LogP contribution in [0.4, 0.5) is 4.39 Å². The number of pyridine rings is 1. The summed E-state index contributed by atoms with van der Waals surface area (Å²) in [5.41, 5.74) is 3.85. The van der Waals surface area contributed by atoms with Gasteiger partial charge >= 0.3 is 0 Å². The molecular weight excluding hydrogens is 485 g/mol. The number of hydrogen-bond donors (Lipinski definition) is 1. The van der Waals surface area contributed by atoms with Crippen LogP contribution < -0.4 is 14.9 Å². The molecule has 3 aromatic carbocycles. The minimum absolute atomic E-state index is 0.107. The minimum atomic E-state index is -0.416. The number of H-pyrrole nitrogens is 1. The van der Waals surface area contributed by atoms with Gasteiger partial charge < -0.3 is 14.5 Å². The highest BCUT2D eigenvalue weighted by molar-refractivity contribution is 9.10. The van der Waals surface area contributed by atoms with Gasteiger partial charge in [-0.25, -0.2) is 4.39 Å². The van der Waals surface area contributed by atoms with Gasteiger partial charge in [0.2, 0.25) is 5.43 Å². The Bertz CT molecular complexity index is 1420. The van der Waals surface area contributed by atoms with E-state index in [1.807, 2.05) is 31.2 Å². The quantitative estimate of drug-likeness (QED) is 0.309. The van der Waals surface area contributed by atoms with Crippen molar-refractivity contribution in [1.29, 1.82) is 0 Å². The van der Waals surface area contributed by atoms with Crippen molar-refractivity contribution in [2.45, 2.75) is 33.1 Å². The zero-order chi connectivity index (χ0) is 23.9. The van der Waals surface area contributed by atoms with Crippen LogP contribution in [-0.4, -0.2) is 12.1 Å². The van der Waals surface area contributed by atoms with Crippen molar-refractivity contribution in [1.82, 2.24) is 4.98 Å². The van der Waals surface area contributed by atoms with Gasteiger partial charge in [0.25, 0.3) is 0 Å². The lowest BCUT2D eigenvalue weighted by molar-refractivity contribution is 0.375. The van der Waals surface area contributed by atoms with Crippen molar-refractivity contribution < 1.29 is 13.9 Å².